The van der Waals surface area contributed by atoms with Crippen molar-refractivity contribution in [2.75, 3.05) is 0 Å². The fraction of sp³-hybridized carbons (Fsp3) is 0.261. The first-order chi connectivity index (χ1) is 14.9. The van der Waals surface area contributed by atoms with Crippen molar-refractivity contribution < 1.29 is 13.2 Å². The molecule has 4 nitrogen and oxygen atoms in total. The summed E-state index contributed by atoms with van der Waals surface area (Å²) in [5, 5.41) is 0. The van der Waals surface area contributed by atoms with E-state index in [1.165, 1.54) is 24.0 Å². The third kappa shape index (κ3) is 4.04. The van der Waals surface area contributed by atoms with E-state index in [0.717, 1.165) is 22.9 Å². The maximum atomic E-state index is 13.1. The summed E-state index contributed by atoms with van der Waals surface area (Å²) in [6, 6.07) is 13.3. The van der Waals surface area contributed by atoms with Crippen LogP contribution in [0.1, 0.15) is 35.4 Å². The van der Waals surface area contributed by atoms with Crippen LogP contribution in [0.15, 0.2) is 59.8 Å². The Morgan fingerprint density at radius 2 is 1.84 bits per heavy atom. The van der Waals surface area contributed by atoms with Crippen LogP contribution in [0.4, 0.5) is 13.2 Å². The van der Waals surface area contributed by atoms with Crippen molar-refractivity contribution in [3.05, 3.63) is 71.5 Å². The second-order valence-corrected chi connectivity index (χ2v) is 8.74. The molecule has 3 aromatic heterocycles. The minimum Gasteiger partial charge on any atom is -0.310 e. The summed E-state index contributed by atoms with van der Waals surface area (Å²) in [5.74, 6) is 1.83. The smallest absolute Gasteiger partial charge is 0.310 e. The molecule has 0 bridgehead atoms. The molecule has 158 valence electrons. The van der Waals surface area contributed by atoms with Gasteiger partial charge in [0.2, 0.25) is 0 Å². The first kappa shape index (κ1) is 20.1. The van der Waals surface area contributed by atoms with Crippen molar-refractivity contribution in [3.63, 3.8) is 0 Å². The highest BCUT2D eigenvalue weighted by Gasteiger charge is 2.32. The highest BCUT2D eigenvalue weighted by Crippen LogP contribution is 2.43. The summed E-state index contributed by atoms with van der Waals surface area (Å²) in [4.78, 5) is 14.2. The Morgan fingerprint density at radius 1 is 1.06 bits per heavy atom. The molecule has 0 saturated heterocycles. The van der Waals surface area contributed by atoms with Crippen molar-refractivity contribution in [3.8, 4) is 11.5 Å². The third-order valence-electron chi connectivity index (χ3n) is 5.41. The molecule has 0 spiro atoms. The predicted octanol–water partition coefficient (Wildman–Crippen LogP) is 6.22. The Hall–Kier alpha value is -2.87. The summed E-state index contributed by atoms with van der Waals surface area (Å²) in [5.41, 5.74) is 2.86. The SMILES string of the molecule is Cn1c(-c2ncc(C3CC3)cc2SCc2ccccc2)nc2cc(C(F)(F)F)cnc21. The molecular formula is C23H19F3N4S. The molecule has 31 heavy (non-hydrogen) atoms. The normalized spacial score (nSPS) is 14.3. The van der Waals surface area contributed by atoms with Crippen molar-refractivity contribution in [2.24, 2.45) is 7.05 Å². The van der Waals surface area contributed by atoms with Crippen LogP contribution in [0.25, 0.3) is 22.7 Å². The van der Waals surface area contributed by atoms with Crippen LogP contribution in [0, 0.1) is 0 Å². The van der Waals surface area contributed by atoms with Crippen LogP contribution in [0.3, 0.4) is 0 Å². The molecule has 0 unspecified atom stereocenters. The van der Waals surface area contributed by atoms with E-state index in [2.05, 4.69) is 28.2 Å². The van der Waals surface area contributed by atoms with Gasteiger partial charge in [-0.15, -0.1) is 11.8 Å². The maximum Gasteiger partial charge on any atom is 0.417 e. The number of hydrogen-bond acceptors (Lipinski definition) is 4. The summed E-state index contributed by atoms with van der Waals surface area (Å²) < 4.78 is 41.0. The summed E-state index contributed by atoms with van der Waals surface area (Å²) in [7, 11) is 1.76. The molecule has 1 fully saturated rings. The van der Waals surface area contributed by atoms with Crippen LogP contribution >= 0.6 is 11.8 Å². The lowest BCUT2D eigenvalue weighted by Crippen LogP contribution is -2.05. The minimum absolute atomic E-state index is 0.208. The average molecular weight is 440 g/mol. The number of halogens is 3. The van der Waals surface area contributed by atoms with E-state index >= 15 is 0 Å². The molecule has 0 amide bonds. The van der Waals surface area contributed by atoms with Crippen molar-refractivity contribution in [2.45, 2.75) is 35.6 Å². The van der Waals surface area contributed by atoms with Gasteiger partial charge in [-0.05, 0) is 42.0 Å². The molecule has 1 aliphatic carbocycles. The predicted molar refractivity (Wildman–Crippen MR) is 115 cm³/mol. The number of thioether (sulfide) groups is 1. The minimum atomic E-state index is -4.46. The number of hydrogen-bond donors (Lipinski definition) is 0. The fourth-order valence-electron chi connectivity index (χ4n) is 3.56. The molecule has 5 rings (SSSR count). The molecule has 0 atom stereocenters. The molecule has 3 heterocycles. The third-order valence-corrected chi connectivity index (χ3v) is 6.51. The molecular weight excluding hydrogens is 421 g/mol. The maximum absolute atomic E-state index is 13.1. The summed E-state index contributed by atoms with van der Waals surface area (Å²) >= 11 is 1.66. The summed E-state index contributed by atoms with van der Waals surface area (Å²) in [6.45, 7) is 0. The van der Waals surface area contributed by atoms with Gasteiger partial charge < -0.3 is 4.57 Å². The number of imidazole rings is 1. The number of benzene rings is 1. The van der Waals surface area contributed by atoms with Gasteiger partial charge in [-0.25, -0.2) is 9.97 Å². The van der Waals surface area contributed by atoms with Gasteiger partial charge in [-0.1, -0.05) is 30.3 Å². The lowest BCUT2D eigenvalue weighted by Gasteiger charge is -2.11. The number of alkyl halides is 3. The molecule has 0 aliphatic heterocycles. The lowest BCUT2D eigenvalue weighted by atomic mass is 10.2. The van der Waals surface area contributed by atoms with Gasteiger partial charge in [-0.3, -0.25) is 4.98 Å². The van der Waals surface area contributed by atoms with Gasteiger partial charge in [0.15, 0.2) is 11.5 Å². The van der Waals surface area contributed by atoms with E-state index in [9.17, 15) is 13.2 Å². The van der Waals surface area contributed by atoms with E-state index in [0.29, 0.717) is 23.1 Å². The molecule has 0 N–H and O–H groups in total. The van der Waals surface area contributed by atoms with Crippen LogP contribution < -0.4 is 0 Å². The number of fused-ring (bicyclic) bond motifs is 1. The topological polar surface area (TPSA) is 43.6 Å². The fourth-order valence-corrected chi connectivity index (χ4v) is 4.57. The zero-order chi connectivity index (χ0) is 21.6. The van der Waals surface area contributed by atoms with Gasteiger partial charge >= 0.3 is 6.18 Å². The van der Waals surface area contributed by atoms with Gasteiger partial charge in [-0.2, -0.15) is 13.2 Å². The highest BCUT2D eigenvalue weighted by atomic mass is 32.2. The number of rotatable bonds is 5. The Labute approximate surface area is 181 Å². The highest BCUT2D eigenvalue weighted by molar-refractivity contribution is 7.98. The van der Waals surface area contributed by atoms with E-state index in [-0.39, 0.29) is 5.52 Å². The first-order valence-corrected chi connectivity index (χ1v) is 11.0. The number of pyridine rings is 2. The van der Waals surface area contributed by atoms with E-state index in [1.807, 2.05) is 24.4 Å². The van der Waals surface area contributed by atoms with E-state index in [1.54, 1.807) is 23.4 Å². The molecule has 8 heteroatoms. The van der Waals surface area contributed by atoms with Crippen LogP contribution in [-0.2, 0) is 19.0 Å². The number of aryl methyl sites for hydroxylation is 1. The largest absolute Gasteiger partial charge is 0.417 e. The zero-order valence-corrected chi connectivity index (χ0v) is 17.5. The van der Waals surface area contributed by atoms with Crippen molar-refractivity contribution >= 4 is 22.9 Å². The first-order valence-electron chi connectivity index (χ1n) is 9.97. The van der Waals surface area contributed by atoms with Gasteiger partial charge in [0.05, 0.1) is 5.56 Å². The Bertz CT molecular complexity index is 1250. The molecule has 1 aliphatic rings. The second kappa shape index (κ2) is 7.67. The monoisotopic (exact) mass is 440 g/mol. The zero-order valence-electron chi connectivity index (χ0n) is 16.7. The number of nitrogens with zero attached hydrogens (tertiary/aromatic N) is 4. The Balaban J connectivity index is 1.57. The van der Waals surface area contributed by atoms with Crippen molar-refractivity contribution in [1.29, 1.82) is 0 Å². The quantitative estimate of drug-likeness (QED) is 0.346. The van der Waals surface area contributed by atoms with Gasteiger partial charge in [0, 0.05) is 30.1 Å². The molecule has 1 aromatic carbocycles. The molecule has 1 saturated carbocycles. The Kier molecular flexibility index (Phi) is 4.97. The van der Waals surface area contributed by atoms with Crippen LogP contribution in [-0.4, -0.2) is 19.5 Å². The van der Waals surface area contributed by atoms with Gasteiger partial charge in [0.25, 0.3) is 0 Å². The van der Waals surface area contributed by atoms with E-state index < -0.39 is 11.7 Å². The van der Waals surface area contributed by atoms with Crippen LogP contribution in [0.5, 0.6) is 0 Å². The molecule has 0 radical (unpaired) electrons. The van der Waals surface area contributed by atoms with Crippen LogP contribution in [0.2, 0.25) is 0 Å². The average Bonchev–Trinajstić information content (AvgIpc) is 3.56. The lowest BCUT2D eigenvalue weighted by molar-refractivity contribution is -0.137. The summed E-state index contributed by atoms with van der Waals surface area (Å²) in [6.07, 6.45) is 0.593. The van der Waals surface area contributed by atoms with E-state index in [4.69, 9.17) is 4.98 Å². The molecule has 4 aromatic rings. The van der Waals surface area contributed by atoms with Crippen molar-refractivity contribution in [1.82, 2.24) is 19.5 Å². The Morgan fingerprint density at radius 3 is 2.55 bits per heavy atom. The number of aromatic nitrogens is 4. The van der Waals surface area contributed by atoms with Gasteiger partial charge in [0.1, 0.15) is 11.2 Å². The standard InChI is InChI=1S/C23H19F3N4S/c1-30-21-18(10-17(12-28-21)23(24,25)26)29-22(30)20-19(9-16(11-27-20)15-7-8-15)31-13-14-5-3-2-4-6-14/h2-6,9-12,15H,7-8,13H2,1H3. The second-order valence-electron chi connectivity index (χ2n) is 7.72.